The summed E-state index contributed by atoms with van der Waals surface area (Å²) in [6.07, 6.45) is 0.215. The van der Waals surface area contributed by atoms with Crippen molar-refractivity contribution in [2.75, 3.05) is 51.0 Å². The van der Waals surface area contributed by atoms with Crippen molar-refractivity contribution in [2.24, 2.45) is 0 Å². The Morgan fingerprint density at radius 1 is 1.56 bits per heavy atom. The number of morpholine rings is 1. The lowest BCUT2D eigenvalue weighted by atomic mass is 10.2. The molecule has 1 aromatic rings. The third-order valence-electron chi connectivity index (χ3n) is 3.22. The summed E-state index contributed by atoms with van der Waals surface area (Å²) in [5.74, 6) is 0. The Kier molecular flexibility index (Phi) is 4.32. The number of nitrogens with two attached hydrogens (primary N) is 1. The van der Waals surface area contributed by atoms with Crippen LogP contribution in [0.1, 0.15) is 0 Å². The minimum atomic E-state index is 0.215. The number of hydrogen-bond acceptors (Lipinski definition) is 4. The first-order chi connectivity index (χ1) is 8.56. The highest BCUT2D eigenvalue weighted by molar-refractivity contribution is 6.31. The number of anilines is 2. The summed E-state index contributed by atoms with van der Waals surface area (Å²) in [7, 11) is 4.13. The predicted octanol–water partition coefficient (Wildman–Crippen LogP) is 1.69. The molecule has 0 amide bonds. The Labute approximate surface area is 113 Å². The van der Waals surface area contributed by atoms with Crippen molar-refractivity contribution in [3.05, 3.63) is 23.2 Å². The molecule has 5 heteroatoms. The van der Waals surface area contributed by atoms with E-state index in [1.807, 2.05) is 19.2 Å². The molecule has 2 rings (SSSR count). The second-order valence-corrected chi connectivity index (χ2v) is 5.28. The van der Waals surface area contributed by atoms with Crippen molar-refractivity contribution >= 4 is 23.0 Å². The van der Waals surface area contributed by atoms with E-state index in [2.05, 4.69) is 16.8 Å². The van der Waals surface area contributed by atoms with E-state index >= 15 is 0 Å². The van der Waals surface area contributed by atoms with E-state index in [-0.39, 0.29) is 6.10 Å². The normalized spacial score (nSPS) is 20.9. The molecule has 1 aliphatic heterocycles. The zero-order chi connectivity index (χ0) is 13.1. The van der Waals surface area contributed by atoms with Crippen LogP contribution in [-0.2, 0) is 4.74 Å². The number of rotatable bonds is 3. The molecule has 0 radical (unpaired) electrons. The van der Waals surface area contributed by atoms with Gasteiger partial charge >= 0.3 is 0 Å². The fourth-order valence-corrected chi connectivity index (χ4v) is 2.39. The van der Waals surface area contributed by atoms with E-state index in [1.54, 1.807) is 6.07 Å². The molecule has 0 aromatic heterocycles. The molecule has 1 fully saturated rings. The lowest BCUT2D eigenvalue weighted by Gasteiger charge is -2.33. The van der Waals surface area contributed by atoms with E-state index in [1.165, 1.54) is 0 Å². The van der Waals surface area contributed by atoms with Crippen LogP contribution in [0.5, 0.6) is 0 Å². The molecule has 0 aliphatic carbocycles. The van der Waals surface area contributed by atoms with E-state index in [0.29, 0.717) is 5.02 Å². The molecule has 0 bridgehead atoms. The van der Waals surface area contributed by atoms with Gasteiger partial charge in [0.1, 0.15) is 0 Å². The highest BCUT2D eigenvalue weighted by Gasteiger charge is 2.20. The molecule has 0 saturated carbocycles. The maximum atomic E-state index is 6.01. The largest absolute Gasteiger partial charge is 0.397 e. The Balaban J connectivity index is 2.02. The fraction of sp³-hybridized carbons (Fsp3) is 0.538. The summed E-state index contributed by atoms with van der Waals surface area (Å²) in [4.78, 5) is 4.38. The standard InChI is InChI=1S/C13H20ClN3O/c1-16-5-6-18-11(8-16)9-17(2)13-7-10(14)3-4-12(13)15/h3-4,7,11H,5-6,8-9,15H2,1-2H3. The second kappa shape index (κ2) is 5.78. The monoisotopic (exact) mass is 269 g/mol. The Hall–Kier alpha value is -0.970. The van der Waals surface area contributed by atoms with Crippen molar-refractivity contribution in [3.63, 3.8) is 0 Å². The van der Waals surface area contributed by atoms with Gasteiger partial charge in [0.05, 0.1) is 24.1 Å². The van der Waals surface area contributed by atoms with Gasteiger partial charge < -0.3 is 20.3 Å². The van der Waals surface area contributed by atoms with Crippen LogP contribution in [0.15, 0.2) is 18.2 Å². The summed E-state index contributed by atoms with van der Waals surface area (Å²) < 4.78 is 5.75. The molecule has 4 nitrogen and oxygen atoms in total. The van der Waals surface area contributed by atoms with Gasteiger partial charge in [0.25, 0.3) is 0 Å². The van der Waals surface area contributed by atoms with Crippen molar-refractivity contribution in [1.82, 2.24) is 4.90 Å². The zero-order valence-electron chi connectivity index (χ0n) is 10.9. The highest BCUT2D eigenvalue weighted by atomic mass is 35.5. The SMILES string of the molecule is CN1CCOC(CN(C)c2cc(Cl)ccc2N)C1. The molecular weight excluding hydrogens is 250 g/mol. The van der Waals surface area contributed by atoms with Gasteiger partial charge in [-0.2, -0.15) is 0 Å². The molecule has 1 saturated heterocycles. The summed E-state index contributed by atoms with van der Waals surface area (Å²) in [6.45, 7) is 3.55. The summed E-state index contributed by atoms with van der Waals surface area (Å²) in [5, 5.41) is 0.702. The van der Waals surface area contributed by atoms with Gasteiger partial charge in [0.15, 0.2) is 0 Å². The average Bonchev–Trinajstić information content (AvgIpc) is 2.32. The van der Waals surface area contributed by atoms with Crippen LogP contribution in [0.25, 0.3) is 0 Å². The lowest BCUT2D eigenvalue weighted by molar-refractivity contribution is -0.0142. The Morgan fingerprint density at radius 3 is 3.06 bits per heavy atom. The minimum Gasteiger partial charge on any atom is -0.397 e. The van der Waals surface area contributed by atoms with Crippen LogP contribution in [0.3, 0.4) is 0 Å². The summed E-state index contributed by atoms with van der Waals surface area (Å²) in [6, 6.07) is 5.53. The van der Waals surface area contributed by atoms with Crippen LogP contribution >= 0.6 is 11.6 Å². The maximum absolute atomic E-state index is 6.01. The Bertz CT molecular complexity index is 413. The summed E-state index contributed by atoms with van der Waals surface area (Å²) in [5.41, 5.74) is 7.67. The van der Waals surface area contributed by atoms with Crippen LogP contribution in [0.4, 0.5) is 11.4 Å². The first-order valence-corrected chi connectivity index (χ1v) is 6.50. The molecule has 0 spiro atoms. The number of hydrogen-bond donors (Lipinski definition) is 1. The number of likely N-dealkylation sites (N-methyl/N-ethyl adjacent to an activating group) is 2. The van der Waals surface area contributed by atoms with Gasteiger partial charge in [0, 0.05) is 31.7 Å². The van der Waals surface area contributed by atoms with Gasteiger partial charge in [-0.25, -0.2) is 0 Å². The van der Waals surface area contributed by atoms with Crippen LogP contribution < -0.4 is 10.6 Å². The minimum absolute atomic E-state index is 0.215. The molecular formula is C13H20ClN3O. The molecule has 1 heterocycles. The number of ether oxygens (including phenoxy) is 1. The van der Waals surface area contributed by atoms with E-state index in [0.717, 1.165) is 37.6 Å². The van der Waals surface area contributed by atoms with E-state index in [9.17, 15) is 0 Å². The van der Waals surface area contributed by atoms with Crippen molar-refractivity contribution in [2.45, 2.75) is 6.10 Å². The van der Waals surface area contributed by atoms with Gasteiger partial charge in [-0.05, 0) is 25.2 Å². The number of nitrogens with zero attached hydrogens (tertiary/aromatic N) is 2. The number of benzene rings is 1. The quantitative estimate of drug-likeness (QED) is 0.848. The molecule has 1 atom stereocenters. The van der Waals surface area contributed by atoms with E-state index < -0.39 is 0 Å². The van der Waals surface area contributed by atoms with Crippen LogP contribution in [0, 0.1) is 0 Å². The number of halogens is 1. The molecule has 2 N–H and O–H groups in total. The molecule has 18 heavy (non-hydrogen) atoms. The average molecular weight is 270 g/mol. The van der Waals surface area contributed by atoms with Gasteiger partial charge in [-0.1, -0.05) is 11.6 Å². The lowest BCUT2D eigenvalue weighted by Crippen LogP contribution is -2.45. The van der Waals surface area contributed by atoms with Crippen LogP contribution in [-0.4, -0.2) is 51.3 Å². The second-order valence-electron chi connectivity index (χ2n) is 4.84. The van der Waals surface area contributed by atoms with Crippen molar-refractivity contribution < 1.29 is 4.74 Å². The van der Waals surface area contributed by atoms with Crippen molar-refractivity contribution in [3.8, 4) is 0 Å². The van der Waals surface area contributed by atoms with Gasteiger partial charge in [-0.3, -0.25) is 0 Å². The highest BCUT2D eigenvalue weighted by Crippen LogP contribution is 2.26. The van der Waals surface area contributed by atoms with Gasteiger partial charge in [-0.15, -0.1) is 0 Å². The zero-order valence-corrected chi connectivity index (χ0v) is 11.7. The Morgan fingerprint density at radius 2 is 2.33 bits per heavy atom. The van der Waals surface area contributed by atoms with Crippen molar-refractivity contribution in [1.29, 1.82) is 0 Å². The molecule has 1 unspecified atom stereocenters. The van der Waals surface area contributed by atoms with Crippen LogP contribution in [0.2, 0.25) is 5.02 Å². The van der Waals surface area contributed by atoms with E-state index in [4.69, 9.17) is 22.1 Å². The topological polar surface area (TPSA) is 41.7 Å². The fourth-order valence-electron chi connectivity index (χ4n) is 2.23. The third kappa shape index (κ3) is 3.28. The predicted molar refractivity (Wildman–Crippen MR) is 76.4 cm³/mol. The molecule has 1 aromatic carbocycles. The van der Waals surface area contributed by atoms with Gasteiger partial charge in [0.2, 0.25) is 0 Å². The smallest absolute Gasteiger partial charge is 0.0876 e. The molecule has 100 valence electrons. The maximum Gasteiger partial charge on any atom is 0.0876 e. The first-order valence-electron chi connectivity index (χ1n) is 6.12. The molecule has 1 aliphatic rings. The first kappa shape index (κ1) is 13.5. The third-order valence-corrected chi connectivity index (χ3v) is 3.46. The number of nitrogen functional groups attached to an aromatic ring is 1. The summed E-state index contributed by atoms with van der Waals surface area (Å²) >= 11 is 6.01.